The summed E-state index contributed by atoms with van der Waals surface area (Å²) >= 11 is 0. The number of morpholine rings is 1. The first-order chi connectivity index (χ1) is 19.7. The Labute approximate surface area is 239 Å². The minimum atomic E-state index is -3.73. The van der Waals surface area contributed by atoms with Gasteiger partial charge in [0.1, 0.15) is 11.6 Å². The Bertz CT molecular complexity index is 1410. The Morgan fingerprint density at radius 2 is 1.63 bits per heavy atom. The SMILES string of the molecule is CCc1cccc(CNCC(O)C(Cc2cc(F)cc(F)c2)NC(=O)c2ccc(S(=O)(=O)N3CCOCC3)cc2)c1. The number of hydrogen-bond donors (Lipinski definition) is 3. The van der Waals surface area contributed by atoms with E-state index < -0.39 is 39.7 Å². The van der Waals surface area contributed by atoms with E-state index in [0.717, 1.165) is 30.2 Å². The fourth-order valence-electron chi connectivity index (χ4n) is 4.70. The number of carbonyl (C=O) groups is 1. The lowest BCUT2D eigenvalue weighted by Crippen LogP contribution is -2.48. The highest BCUT2D eigenvalue weighted by atomic mass is 32.2. The van der Waals surface area contributed by atoms with Gasteiger partial charge in [-0.3, -0.25) is 4.79 Å². The number of ether oxygens (including phenoxy) is 1. The molecule has 0 spiro atoms. The minimum absolute atomic E-state index is 0.0297. The highest BCUT2D eigenvalue weighted by Crippen LogP contribution is 2.18. The molecule has 3 aromatic carbocycles. The molecule has 3 N–H and O–H groups in total. The van der Waals surface area contributed by atoms with E-state index in [4.69, 9.17) is 4.74 Å². The molecule has 11 heteroatoms. The van der Waals surface area contributed by atoms with Crippen LogP contribution in [0.5, 0.6) is 0 Å². The molecule has 3 aromatic rings. The molecule has 220 valence electrons. The summed E-state index contributed by atoms with van der Waals surface area (Å²) in [7, 11) is -3.73. The van der Waals surface area contributed by atoms with E-state index in [-0.39, 0.29) is 42.1 Å². The third kappa shape index (κ3) is 8.40. The summed E-state index contributed by atoms with van der Waals surface area (Å²) in [5.74, 6) is -2.08. The second-order valence-corrected chi connectivity index (χ2v) is 11.9. The lowest BCUT2D eigenvalue weighted by atomic mass is 10.00. The summed E-state index contributed by atoms with van der Waals surface area (Å²) in [5, 5.41) is 17.0. The molecule has 2 unspecified atom stereocenters. The molecule has 1 saturated heterocycles. The van der Waals surface area contributed by atoms with Gasteiger partial charge in [-0.1, -0.05) is 31.2 Å². The van der Waals surface area contributed by atoms with Crippen molar-refractivity contribution in [2.45, 2.75) is 43.4 Å². The van der Waals surface area contributed by atoms with Gasteiger partial charge >= 0.3 is 0 Å². The van der Waals surface area contributed by atoms with Gasteiger partial charge in [0.05, 0.1) is 30.3 Å². The molecule has 41 heavy (non-hydrogen) atoms. The number of halogens is 2. The Balaban J connectivity index is 1.46. The van der Waals surface area contributed by atoms with Crippen LogP contribution >= 0.6 is 0 Å². The van der Waals surface area contributed by atoms with Gasteiger partial charge in [-0.15, -0.1) is 0 Å². The van der Waals surface area contributed by atoms with Gasteiger partial charge in [0, 0.05) is 37.8 Å². The van der Waals surface area contributed by atoms with E-state index in [1.807, 2.05) is 18.2 Å². The number of sulfonamides is 1. The standard InChI is InChI=1S/C30H35F2N3O5S/c1-2-21-4-3-5-22(14-21)19-33-20-29(36)28(17-23-15-25(31)18-26(32)16-23)34-30(37)24-6-8-27(9-7-24)41(38,39)35-10-12-40-13-11-35/h3-9,14-16,18,28-29,33,36H,2,10-13,17,19-20H2,1H3,(H,34,37). The van der Waals surface area contributed by atoms with Crippen LogP contribution in [-0.4, -0.2) is 68.7 Å². The zero-order valence-corrected chi connectivity index (χ0v) is 23.7. The lowest BCUT2D eigenvalue weighted by Gasteiger charge is -2.26. The smallest absolute Gasteiger partial charge is 0.251 e. The van der Waals surface area contributed by atoms with Crippen LogP contribution in [0, 0.1) is 11.6 Å². The van der Waals surface area contributed by atoms with Crippen molar-refractivity contribution < 1.29 is 31.8 Å². The Kier molecular flexibility index (Phi) is 10.6. The monoisotopic (exact) mass is 587 g/mol. The van der Waals surface area contributed by atoms with Crippen LogP contribution in [0.25, 0.3) is 0 Å². The minimum Gasteiger partial charge on any atom is -0.390 e. The van der Waals surface area contributed by atoms with Gasteiger partial charge in [0.2, 0.25) is 10.0 Å². The molecule has 0 aliphatic carbocycles. The normalized spacial score (nSPS) is 15.8. The number of rotatable bonds is 12. The highest BCUT2D eigenvalue weighted by molar-refractivity contribution is 7.89. The molecule has 2 atom stereocenters. The first kappa shape index (κ1) is 30.7. The van der Waals surface area contributed by atoms with Crippen molar-refractivity contribution in [3.63, 3.8) is 0 Å². The molecule has 1 aliphatic rings. The number of aliphatic hydroxyl groups is 1. The zero-order valence-electron chi connectivity index (χ0n) is 22.9. The van der Waals surface area contributed by atoms with Gasteiger partial charge in [-0.05, 0) is 65.9 Å². The number of carbonyl (C=O) groups excluding carboxylic acids is 1. The second-order valence-electron chi connectivity index (χ2n) is 9.97. The average Bonchev–Trinajstić information content (AvgIpc) is 2.97. The van der Waals surface area contributed by atoms with Crippen molar-refractivity contribution in [3.05, 3.63) is 101 Å². The van der Waals surface area contributed by atoms with Crippen LogP contribution in [0.15, 0.2) is 71.6 Å². The first-order valence-electron chi connectivity index (χ1n) is 13.6. The molecule has 0 aromatic heterocycles. The third-order valence-corrected chi connectivity index (χ3v) is 8.88. The summed E-state index contributed by atoms with van der Waals surface area (Å²) in [6.07, 6.45) is -0.229. The topological polar surface area (TPSA) is 108 Å². The summed E-state index contributed by atoms with van der Waals surface area (Å²) in [6.45, 7) is 3.80. The molecule has 4 rings (SSSR count). The maximum absolute atomic E-state index is 13.9. The van der Waals surface area contributed by atoms with Crippen LogP contribution < -0.4 is 10.6 Å². The summed E-state index contributed by atoms with van der Waals surface area (Å²) in [4.78, 5) is 13.2. The van der Waals surface area contributed by atoms with Crippen LogP contribution in [0.2, 0.25) is 0 Å². The Morgan fingerprint density at radius 3 is 2.29 bits per heavy atom. The van der Waals surface area contributed by atoms with Crippen molar-refractivity contribution in [3.8, 4) is 0 Å². The molecule has 8 nitrogen and oxygen atoms in total. The number of nitrogens with one attached hydrogen (secondary N) is 2. The number of nitrogens with zero attached hydrogens (tertiary/aromatic N) is 1. The summed E-state index contributed by atoms with van der Waals surface area (Å²) < 4.78 is 60.1. The number of amides is 1. The highest BCUT2D eigenvalue weighted by Gasteiger charge is 2.27. The lowest BCUT2D eigenvalue weighted by molar-refractivity contribution is 0.0730. The largest absolute Gasteiger partial charge is 0.390 e. The molecule has 1 amide bonds. The zero-order chi connectivity index (χ0) is 29.4. The molecular formula is C30H35F2N3O5S. The van der Waals surface area contributed by atoms with Gasteiger partial charge < -0.3 is 20.5 Å². The molecule has 0 bridgehead atoms. The van der Waals surface area contributed by atoms with Crippen molar-refractivity contribution in [2.24, 2.45) is 0 Å². The van der Waals surface area contributed by atoms with Crippen LogP contribution in [0.3, 0.4) is 0 Å². The third-order valence-electron chi connectivity index (χ3n) is 6.97. The average molecular weight is 588 g/mol. The number of aryl methyl sites for hydroxylation is 1. The fraction of sp³-hybridized carbons (Fsp3) is 0.367. The van der Waals surface area contributed by atoms with Crippen molar-refractivity contribution in [1.82, 2.24) is 14.9 Å². The number of hydrogen-bond acceptors (Lipinski definition) is 6. The maximum Gasteiger partial charge on any atom is 0.251 e. The van der Waals surface area contributed by atoms with E-state index >= 15 is 0 Å². The predicted octanol–water partition coefficient (Wildman–Crippen LogP) is 3.04. The van der Waals surface area contributed by atoms with Crippen LogP contribution in [0.1, 0.15) is 34.0 Å². The predicted molar refractivity (Wildman–Crippen MR) is 151 cm³/mol. The van der Waals surface area contributed by atoms with E-state index in [0.29, 0.717) is 19.8 Å². The summed E-state index contributed by atoms with van der Waals surface area (Å²) in [6, 6.07) is 15.7. The molecular weight excluding hydrogens is 552 g/mol. The fourth-order valence-corrected chi connectivity index (χ4v) is 6.11. The summed E-state index contributed by atoms with van der Waals surface area (Å²) in [5.41, 5.74) is 2.68. The van der Waals surface area contributed by atoms with Crippen LogP contribution in [0.4, 0.5) is 8.78 Å². The Hall–Kier alpha value is -3.22. The molecule has 1 heterocycles. The maximum atomic E-state index is 13.9. The van der Waals surface area contributed by atoms with E-state index in [1.54, 1.807) is 0 Å². The van der Waals surface area contributed by atoms with Gasteiger partial charge in [-0.2, -0.15) is 4.31 Å². The van der Waals surface area contributed by atoms with Gasteiger partial charge in [0.15, 0.2) is 0 Å². The van der Waals surface area contributed by atoms with Crippen molar-refractivity contribution in [2.75, 3.05) is 32.8 Å². The molecule has 0 radical (unpaired) electrons. The molecule has 0 saturated carbocycles. The van der Waals surface area contributed by atoms with E-state index in [2.05, 4.69) is 23.6 Å². The number of benzene rings is 3. The number of aliphatic hydroxyl groups excluding tert-OH is 1. The van der Waals surface area contributed by atoms with Crippen molar-refractivity contribution in [1.29, 1.82) is 0 Å². The van der Waals surface area contributed by atoms with Crippen molar-refractivity contribution >= 4 is 15.9 Å². The molecule has 1 fully saturated rings. The van der Waals surface area contributed by atoms with E-state index in [9.17, 15) is 27.1 Å². The van der Waals surface area contributed by atoms with Gasteiger partial charge in [0.25, 0.3) is 5.91 Å². The van der Waals surface area contributed by atoms with Gasteiger partial charge in [-0.25, -0.2) is 17.2 Å². The second kappa shape index (κ2) is 14.1. The molecule has 1 aliphatic heterocycles. The van der Waals surface area contributed by atoms with E-state index in [1.165, 1.54) is 34.1 Å². The first-order valence-corrected chi connectivity index (χ1v) is 15.0. The quantitative estimate of drug-likeness (QED) is 0.301. The Morgan fingerprint density at radius 1 is 0.976 bits per heavy atom. The van der Waals surface area contributed by atoms with Crippen LogP contribution in [-0.2, 0) is 34.1 Å².